The van der Waals surface area contributed by atoms with Crippen LogP contribution in [0, 0.1) is 5.92 Å². The molecular weight excluding hydrogens is 364 g/mol. The molecule has 1 fully saturated rings. The molecule has 2 rings (SSSR count). The fraction of sp³-hybridized carbons (Fsp3) is 0.650. The van der Waals surface area contributed by atoms with Crippen molar-refractivity contribution in [2.45, 2.75) is 65.5 Å². The van der Waals surface area contributed by atoms with Crippen molar-refractivity contribution in [1.82, 2.24) is 10.2 Å². The summed E-state index contributed by atoms with van der Waals surface area (Å²) < 4.78 is 28.1. The van der Waals surface area contributed by atoms with E-state index in [1.165, 1.54) is 19.3 Å². The van der Waals surface area contributed by atoms with Crippen molar-refractivity contribution >= 4 is 16.1 Å². The highest BCUT2D eigenvalue weighted by Gasteiger charge is 2.21. The summed E-state index contributed by atoms with van der Waals surface area (Å²) in [5.41, 5.74) is 0.940. The van der Waals surface area contributed by atoms with Crippen LogP contribution < -0.4 is 9.50 Å². The van der Waals surface area contributed by atoms with Crippen molar-refractivity contribution in [2.24, 2.45) is 5.92 Å². The van der Waals surface area contributed by atoms with E-state index < -0.39 is 10.1 Å². The largest absolute Gasteiger partial charge is 0.382 e. The average Bonchev–Trinajstić information content (AvgIpc) is 2.63. The molecule has 1 saturated carbocycles. The van der Waals surface area contributed by atoms with Crippen LogP contribution in [0.4, 0.5) is 4.79 Å². The van der Waals surface area contributed by atoms with E-state index in [1.807, 2.05) is 17.0 Å². The SMILES string of the molecule is CCS(=O)(=O)Oc1ccc(CN(CC(C)C)C(=O)NC2CCCCC2)cc1. The number of rotatable bonds is 8. The Morgan fingerprint density at radius 1 is 1.19 bits per heavy atom. The summed E-state index contributed by atoms with van der Waals surface area (Å²) >= 11 is 0. The lowest BCUT2D eigenvalue weighted by atomic mass is 9.96. The molecule has 7 heteroatoms. The van der Waals surface area contributed by atoms with Gasteiger partial charge in [-0.1, -0.05) is 45.2 Å². The first-order chi connectivity index (χ1) is 12.8. The zero-order valence-electron chi connectivity index (χ0n) is 16.6. The number of carbonyl (C=O) groups excluding carboxylic acids is 1. The summed E-state index contributed by atoms with van der Waals surface area (Å²) in [6.07, 6.45) is 5.72. The number of nitrogens with one attached hydrogen (secondary N) is 1. The van der Waals surface area contributed by atoms with Crippen LogP contribution in [-0.2, 0) is 16.7 Å². The van der Waals surface area contributed by atoms with Gasteiger partial charge in [-0.05, 0) is 43.4 Å². The highest BCUT2D eigenvalue weighted by molar-refractivity contribution is 7.87. The topological polar surface area (TPSA) is 75.7 Å². The number of hydrogen-bond acceptors (Lipinski definition) is 4. The van der Waals surface area contributed by atoms with Gasteiger partial charge in [-0.2, -0.15) is 8.42 Å². The zero-order chi connectivity index (χ0) is 19.9. The lowest BCUT2D eigenvalue weighted by Crippen LogP contribution is -2.46. The molecule has 27 heavy (non-hydrogen) atoms. The fourth-order valence-corrected chi connectivity index (χ4v) is 3.77. The third kappa shape index (κ3) is 7.40. The average molecular weight is 397 g/mol. The Kier molecular flexibility index (Phi) is 7.95. The highest BCUT2D eigenvalue weighted by atomic mass is 32.2. The van der Waals surface area contributed by atoms with Gasteiger partial charge >= 0.3 is 16.1 Å². The maximum Gasteiger partial charge on any atom is 0.317 e. The van der Waals surface area contributed by atoms with Crippen LogP contribution in [0.15, 0.2) is 24.3 Å². The first kappa shape index (κ1) is 21.5. The van der Waals surface area contributed by atoms with Gasteiger partial charge in [0.15, 0.2) is 0 Å². The van der Waals surface area contributed by atoms with Crippen molar-refractivity contribution in [3.05, 3.63) is 29.8 Å². The summed E-state index contributed by atoms with van der Waals surface area (Å²) in [5.74, 6) is 0.584. The maximum absolute atomic E-state index is 12.8. The van der Waals surface area contributed by atoms with E-state index in [0.29, 0.717) is 24.8 Å². The second-order valence-electron chi connectivity index (χ2n) is 7.63. The summed E-state index contributed by atoms with van der Waals surface area (Å²) in [6, 6.07) is 7.13. The van der Waals surface area contributed by atoms with E-state index in [-0.39, 0.29) is 17.8 Å². The summed E-state index contributed by atoms with van der Waals surface area (Å²) in [5, 5.41) is 3.18. The predicted octanol–water partition coefficient (Wildman–Crippen LogP) is 3.92. The lowest BCUT2D eigenvalue weighted by Gasteiger charge is -2.29. The first-order valence-corrected chi connectivity index (χ1v) is 11.4. The van der Waals surface area contributed by atoms with Crippen molar-refractivity contribution in [3.63, 3.8) is 0 Å². The van der Waals surface area contributed by atoms with Crippen LogP contribution in [0.5, 0.6) is 5.75 Å². The molecule has 152 valence electrons. The van der Waals surface area contributed by atoms with Crippen LogP contribution >= 0.6 is 0 Å². The first-order valence-electron chi connectivity index (χ1n) is 9.85. The fourth-order valence-electron chi connectivity index (χ4n) is 3.25. The number of hydrogen-bond donors (Lipinski definition) is 1. The number of carbonyl (C=O) groups is 1. The molecule has 1 aromatic rings. The molecule has 0 bridgehead atoms. The Balaban J connectivity index is 2.00. The molecule has 0 atom stereocenters. The van der Waals surface area contributed by atoms with E-state index in [0.717, 1.165) is 18.4 Å². The molecule has 0 unspecified atom stereocenters. The molecule has 0 aliphatic heterocycles. The molecular formula is C20H32N2O4S. The minimum absolute atomic E-state index is 0.0236. The van der Waals surface area contributed by atoms with Crippen LogP contribution in [0.25, 0.3) is 0 Å². The second kappa shape index (κ2) is 9.97. The van der Waals surface area contributed by atoms with Crippen LogP contribution in [0.2, 0.25) is 0 Å². The number of benzene rings is 1. The number of nitrogens with zero attached hydrogens (tertiary/aromatic N) is 1. The van der Waals surface area contributed by atoms with Crippen LogP contribution in [0.1, 0.15) is 58.4 Å². The standard InChI is InChI=1S/C20H32N2O4S/c1-4-27(24,25)26-19-12-10-17(11-13-19)15-22(14-16(2)3)20(23)21-18-8-6-5-7-9-18/h10-13,16,18H,4-9,14-15H2,1-3H3,(H,21,23). The highest BCUT2D eigenvalue weighted by Crippen LogP contribution is 2.19. The van der Waals surface area contributed by atoms with Crippen LogP contribution in [0.3, 0.4) is 0 Å². The Morgan fingerprint density at radius 3 is 2.37 bits per heavy atom. The Labute approximate surface area is 163 Å². The number of urea groups is 1. The quantitative estimate of drug-likeness (QED) is 0.676. The van der Waals surface area contributed by atoms with Crippen LogP contribution in [-0.4, -0.2) is 37.7 Å². The van der Waals surface area contributed by atoms with Gasteiger partial charge in [-0.25, -0.2) is 4.79 Å². The lowest BCUT2D eigenvalue weighted by molar-refractivity contribution is 0.180. The molecule has 1 aliphatic rings. The molecule has 1 aromatic carbocycles. The van der Waals surface area contributed by atoms with Crippen molar-refractivity contribution < 1.29 is 17.4 Å². The second-order valence-corrected chi connectivity index (χ2v) is 9.49. The van der Waals surface area contributed by atoms with E-state index >= 15 is 0 Å². The normalized spacial score (nSPS) is 15.6. The van der Waals surface area contributed by atoms with Gasteiger partial charge in [0.05, 0.1) is 5.75 Å². The molecule has 0 saturated heterocycles. The van der Waals surface area contributed by atoms with Gasteiger partial charge in [-0.15, -0.1) is 0 Å². The molecule has 6 nitrogen and oxygen atoms in total. The van der Waals surface area contributed by atoms with Gasteiger partial charge in [-0.3, -0.25) is 0 Å². The van der Waals surface area contributed by atoms with Gasteiger partial charge in [0.2, 0.25) is 0 Å². The van der Waals surface area contributed by atoms with Crippen molar-refractivity contribution in [3.8, 4) is 5.75 Å². The van der Waals surface area contributed by atoms with Crippen molar-refractivity contribution in [1.29, 1.82) is 0 Å². The smallest absolute Gasteiger partial charge is 0.317 e. The Morgan fingerprint density at radius 2 is 1.81 bits per heavy atom. The molecule has 0 aromatic heterocycles. The van der Waals surface area contributed by atoms with E-state index in [1.54, 1.807) is 19.1 Å². The zero-order valence-corrected chi connectivity index (χ0v) is 17.4. The molecule has 1 N–H and O–H groups in total. The van der Waals surface area contributed by atoms with Gasteiger partial charge in [0.1, 0.15) is 5.75 Å². The van der Waals surface area contributed by atoms with Gasteiger partial charge < -0.3 is 14.4 Å². The minimum Gasteiger partial charge on any atom is -0.382 e. The molecule has 1 aliphatic carbocycles. The summed E-state index contributed by atoms with van der Waals surface area (Å²) in [4.78, 5) is 14.6. The monoisotopic (exact) mass is 396 g/mol. The van der Waals surface area contributed by atoms with E-state index in [2.05, 4.69) is 19.2 Å². The summed E-state index contributed by atoms with van der Waals surface area (Å²) in [6.45, 7) is 6.87. The molecule has 0 spiro atoms. The van der Waals surface area contributed by atoms with Gasteiger partial charge in [0.25, 0.3) is 0 Å². The Bertz CT molecular complexity index is 695. The minimum atomic E-state index is -3.53. The number of amides is 2. The predicted molar refractivity (Wildman–Crippen MR) is 107 cm³/mol. The van der Waals surface area contributed by atoms with E-state index in [9.17, 15) is 13.2 Å². The van der Waals surface area contributed by atoms with E-state index in [4.69, 9.17) is 4.18 Å². The molecule has 0 radical (unpaired) electrons. The molecule has 2 amide bonds. The van der Waals surface area contributed by atoms with Gasteiger partial charge in [0, 0.05) is 19.1 Å². The summed E-state index contributed by atoms with van der Waals surface area (Å²) in [7, 11) is -3.53. The molecule has 0 heterocycles. The maximum atomic E-state index is 12.8. The Hall–Kier alpha value is -1.76. The third-order valence-electron chi connectivity index (χ3n) is 4.68. The van der Waals surface area contributed by atoms with Crippen molar-refractivity contribution in [2.75, 3.05) is 12.3 Å². The third-order valence-corrected chi connectivity index (χ3v) is 5.83.